The molecule has 5 heteroatoms. The summed E-state index contributed by atoms with van der Waals surface area (Å²) in [4.78, 5) is 2.29. The molecule has 1 aromatic rings. The van der Waals surface area contributed by atoms with E-state index in [4.69, 9.17) is 18.0 Å². The Bertz CT molecular complexity index is 444. The zero-order chi connectivity index (χ0) is 13.9. The molecule has 0 amide bonds. The predicted molar refractivity (Wildman–Crippen MR) is 78.5 cm³/mol. The molecule has 0 heterocycles. The molecule has 0 fully saturated rings. The van der Waals surface area contributed by atoms with Gasteiger partial charge in [-0.3, -0.25) is 0 Å². The molecule has 18 heavy (non-hydrogen) atoms. The van der Waals surface area contributed by atoms with Gasteiger partial charge in [0.15, 0.2) is 0 Å². The van der Waals surface area contributed by atoms with Gasteiger partial charge in [0.2, 0.25) is 0 Å². The van der Waals surface area contributed by atoms with Crippen molar-refractivity contribution in [2.45, 2.75) is 19.4 Å². The Morgan fingerprint density at radius 2 is 2.06 bits per heavy atom. The molecule has 0 unspecified atom stereocenters. The smallest absolute Gasteiger partial charge is 0.146 e. The number of nitrogens with zero attached hydrogens (tertiary/aromatic N) is 1. The van der Waals surface area contributed by atoms with Gasteiger partial charge in [-0.05, 0) is 46.1 Å². The van der Waals surface area contributed by atoms with E-state index in [1.807, 2.05) is 14.1 Å². The van der Waals surface area contributed by atoms with E-state index in [9.17, 15) is 4.39 Å². The van der Waals surface area contributed by atoms with Crippen LogP contribution in [0.25, 0.3) is 0 Å². The van der Waals surface area contributed by atoms with Crippen LogP contribution < -0.4 is 11.1 Å². The van der Waals surface area contributed by atoms with Crippen molar-refractivity contribution >= 4 is 22.9 Å². The van der Waals surface area contributed by atoms with E-state index in [0.717, 1.165) is 0 Å². The van der Waals surface area contributed by atoms with Crippen molar-refractivity contribution in [3.63, 3.8) is 0 Å². The largest absolute Gasteiger partial charge is 0.389 e. The highest BCUT2D eigenvalue weighted by Crippen LogP contribution is 2.18. The molecule has 0 aliphatic carbocycles. The Balaban J connectivity index is 2.78. The number of hydrogen-bond donors (Lipinski definition) is 2. The van der Waals surface area contributed by atoms with Crippen molar-refractivity contribution < 1.29 is 4.39 Å². The Hall–Kier alpha value is -1.20. The second kappa shape index (κ2) is 5.63. The highest BCUT2D eigenvalue weighted by atomic mass is 32.1. The molecule has 0 spiro atoms. The molecule has 0 bridgehead atoms. The highest BCUT2D eigenvalue weighted by molar-refractivity contribution is 7.80. The van der Waals surface area contributed by atoms with Crippen LogP contribution in [0.15, 0.2) is 18.2 Å². The van der Waals surface area contributed by atoms with E-state index in [1.165, 1.54) is 6.07 Å². The SMILES string of the molecule is CN(C)C(C)(C)CNc1ccc(C(N)=S)cc1F. The number of nitrogens with two attached hydrogens (primary N) is 1. The summed E-state index contributed by atoms with van der Waals surface area (Å²) in [6, 6.07) is 4.74. The molecular weight excluding hydrogens is 249 g/mol. The van der Waals surface area contributed by atoms with Gasteiger partial charge >= 0.3 is 0 Å². The van der Waals surface area contributed by atoms with Crippen molar-refractivity contribution in [3.8, 4) is 0 Å². The first kappa shape index (κ1) is 14.9. The molecule has 1 aromatic carbocycles. The maximum Gasteiger partial charge on any atom is 0.146 e. The average molecular weight is 269 g/mol. The van der Waals surface area contributed by atoms with Crippen LogP contribution in [0.4, 0.5) is 10.1 Å². The number of nitrogens with one attached hydrogen (secondary N) is 1. The van der Waals surface area contributed by atoms with Crippen molar-refractivity contribution in [2.75, 3.05) is 26.0 Å². The zero-order valence-corrected chi connectivity index (χ0v) is 12.1. The van der Waals surface area contributed by atoms with Crippen molar-refractivity contribution in [1.29, 1.82) is 0 Å². The first-order valence-electron chi connectivity index (χ1n) is 5.74. The topological polar surface area (TPSA) is 41.3 Å². The van der Waals surface area contributed by atoms with Crippen LogP contribution >= 0.6 is 12.2 Å². The fraction of sp³-hybridized carbons (Fsp3) is 0.462. The monoisotopic (exact) mass is 269 g/mol. The number of anilines is 1. The molecule has 3 N–H and O–H groups in total. The summed E-state index contributed by atoms with van der Waals surface area (Å²) in [5.74, 6) is -0.338. The van der Waals surface area contributed by atoms with E-state index in [-0.39, 0.29) is 16.3 Å². The van der Waals surface area contributed by atoms with Gasteiger partial charge in [-0.15, -0.1) is 0 Å². The fourth-order valence-corrected chi connectivity index (χ4v) is 1.41. The van der Waals surface area contributed by atoms with E-state index in [1.54, 1.807) is 12.1 Å². The maximum atomic E-state index is 13.8. The predicted octanol–water partition coefficient (Wildman–Crippen LogP) is 2.21. The number of rotatable bonds is 5. The third kappa shape index (κ3) is 3.65. The average Bonchev–Trinajstić information content (AvgIpc) is 2.26. The third-order valence-electron chi connectivity index (χ3n) is 3.18. The van der Waals surface area contributed by atoms with Gasteiger partial charge in [0.1, 0.15) is 10.8 Å². The minimum absolute atomic E-state index is 0.0612. The molecule has 0 saturated heterocycles. The highest BCUT2D eigenvalue weighted by Gasteiger charge is 2.20. The minimum atomic E-state index is -0.338. The molecule has 1 rings (SSSR count). The number of benzene rings is 1. The van der Waals surface area contributed by atoms with E-state index >= 15 is 0 Å². The summed E-state index contributed by atoms with van der Waals surface area (Å²) in [5, 5.41) is 3.10. The quantitative estimate of drug-likeness (QED) is 0.804. The van der Waals surface area contributed by atoms with Gasteiger partial charge in [-0.1, -0.05) is 12.2 Å². The first-order chi connectivity index (χ1) is 8.24. The lowest BCUT2D eigenvalue weighted by atomic mass is 10.0. The second-order valence-corrected chi connectivity index (χ2v) is 5.56. The number of thiocarbonyl (C=S) groups is 1. The molecule has 0 saturated carbocycles. The molecule has 0 aliphatic rings. The fourth-order valence-electron chi connectivity index (χ4n) is 1.28. The van der Waals surface area contributed by atoms with Crippen LogP contribution in [0.3, 0.4) is 0 Å². The number of halogens is 1. The van der Waals surface area contributed by atoms with E-state index < -0.39 is 0 Å². The van der Waals surface area contributed by atoms with Crippen molar-refractivity contribution in [3.05, 3.63) is 29.6 Å². The Morgan fingerprint density at radius 3 is 2.50 bits per heavy atom. The van der Waals surface area contributed by atoms with Crippen molar-refractivity contribution in [1.82, 2.24) is 4.90 Å². The zero-order valence-electron chi connectivity index (χ0n) is 11.2. The molecule has 100 valence electrons. The number of likely N-dealkylation sites (N-methyl/N-ethyl adjacent to an activating group) is 1. The summed E-state index contributed by atoms with van der Waals surface area (Å²) >= 11 is 4.81. The van der Waals surface area contributed by atoms with E-state index in [0.29, 0.717) is 17.8 Å². The lowest BCUT2D eigenvalue weighted by molar-refractivity contribution is 0.210. The molecular formula is C13H20FN3S. The normalized spacial score (nSPS) is 11.7. The molecule has 0 radical (unpaired) electrons. The lowest BCUT2D eigenvalue weighted by Crippen LogP contribution is -2.44. The summed E-state index contributed by atoms with van der Waals surface area (Å²) in [6.45, 7) is 4.81. The van der Waals surface area contributed by atoms with Gasteiger partial charge in [0.25, 0.3) is 0 Å². The Kier molecular flexibility index (Phi) is 4.65. The van der Waals surface area contributed by atoms with Crippen LogP contribution in [-0.2, 0) is 0 Å². The minimum Gasteiger partial charge on any atom is -0.389 e. The maximum absolute atomic E-state index is 13.8. The molecule has 3 nitrogen and oxygen atoms in total. The molecule has 0 aromatic heterocycles. The van der Waals surface area contributed by atoms with Crippen molar-refractivity contribution in [2.24, 2.45) is 5.73 Å². The van der Waals surface area contributed by atoms with Crippen LogP contribution in [-0.4, -0.2) is 36.1 Å². The lowest BCUT2D eigenvalue weighted by Gasteiger charge is -2.33. The summed E-state index contributed by atoms with van der Waals surface area (Å²) in [5.41, 5.74) is 6.40. The van der Waals surface area contributed by atoms with Crippen LogP contribution in [0.5, 0.6) is 0 Å². The van der Waals surface area contributed by atoms with Gasteiger partial charge in [-0.2, -0.15) is 0 Å². The summed E-state index contributed by atoms with van der Waals surface area (Å²) in [6.07, 6.45) is 0. The first-order valence-corrected chi connectivity index (χ1v) is 6.15. The Labute approximate surface area is 113 Å². The van der Waals surface area contributed by atoms with Gasteiger partial charge in [0.05, 0.1) is 5.69 Å². The number of hydrogen-bond acceptors (Lipinski definition) is 3. The summed E-state index contributed by atoms with van der Waals surface area (Å²) in [7, 11) is 3.99. The Morgan fingerprint density at radius 1 is 1.44 bits per heavy atom. The van der Waals surface area contributed by atoms with Gasteiger partial charge in [-0.25, -0.2) is 4.39 Å². The summed E-state index contributed by atoms with van der Waals surface area (Å²) < 4.78 is 13.8. The second-order valence-electron chi connectivity index (χ2n) is 5.12. The van der Waals surface area contributed by atoms with E-state index in [2.05, 4.69) is 24.1 Å². The van der Waals surface area contributed by atoms with Crippen LogP contribution in [0, 0.1) is 5.82 Å². The standard InChI is InChI=1S/C13H20FN3S/c1-13(2,17(3)4)8-16-11-6-5-9(12(15)18)7-10(11)14/h5-7,16H,8H2,1-4H3,(H2,15,18). The van der Waals surface area contributed by atoms with Gasteiger partial charge < -0.3 is 16.0 Å². The van der Waals surface area contributed by atoms with Gasteiger partial charge in [0, 0.05) is 17.6 Å². The molecule has 0 atom stereocenters. The molecule has 0 aliphatic heterocycles. The third-order valence-corrected chi connectivity index (χ3v) is 3.41. The van der Waals surface area contributed by atoms with Crippen LogP contribution in [0.1, 0.15) is 19.4 Å². The van der Waals surface area contributed by atoms with Crippen LogP contribution in [0.2, 0.25) is 0 Å².